The number of carbonyl (C=O) groups excluding carboxylic acids is 15. The van der Waals surface area contributed by atoms with Gasteiger partial charge in [-0.1, -0.05) is 41.5 Å². The summed E-state index contributed by atoms with van der Waals surface area (Å²) in [6, 6.07) is 0. The van der Waals surface area contributed by atoms with Crippen molar-refractivity contribution < 1.29 is 84.9 Å². The van der Waals surface area contributed by atoms with Crippen molar-refractivity contribution in [3.05, 3.63) is 36.5 Å². The van der Waals surface area contributed by atoms with Crippen LogP contribution in [0.4, 0.5) is 0 Å². The molecule has 6 N–H and O–H groups in total. The molecule has 0 aromatic rings. The van der Waals surface area contributed by atoms with Crippen LogP contribution in [-0.4, -0.2) is 207 Å². The van der Waals surface area contributed by atoms with Crippen molar-refractivity contribution >= 4 is 122 Å². The molecular formula is C54H79N9O18S3. The summed E-state index contributed by atoms with van der Waals surface area (Å²) < 4.78 is 31.8. The Hall–Kier alpha value is -6.92. The van der Waals surface area contributed by atoms with Gasteiger partial charge in [0.15, 0.2) is 11.0 Å². The van der Waals surface area contributed by atoms with Crippen LogP contribution in [0.15, 0.2) is 36.5 Å². The highest BCUT2D eigenvalue weighted by Crippen LogP contribution is 2.26. The number of Topliss-reactive ketones (excluding diaryl/α,β-unsaturated/α-hetero) is 2. The van der Waals surface area contributed by atoms with Gasteiger partial charge in [-0.25, -0.2) is 0 Å². The number of nitrogens with one attached hydrogen (secondary N) is 5. The molecular weight excluding hydrogens is 1160 g/mol. The number of hydrogen-bond acceptors (Lipinski definition) is 19. The summed E-state index contributed by atoms with van der Waals surface area (Å²) in [7, 11) is -4.52. The van der Waals surface area contributed by atoms with Crippen LogP contribution in [0.5, 0.6) is 0 Å². The standard InChI is InChI=1S/C28H39N5O9.C13H20N2O6S2.C13H20N2O3S/c1-18(2)21-16-27(41)33(28(21)42)14-3-4-19(34)5-7-23(37)31-17-20(35)6-8-22(36)29-12-11-24(38)30-13-15-32-25(39)9-10-26(32)40;1-9(2)22-8-5-10(23(19,20)21)13(18)14-6-7-15-11(16)3-4-12(15)17;1-10(2)19-9-3-4-11(16)14-7-8-15-12(17)5-6-13(15)18/h9-10,18,21H,3-8,11-17H2,1-2H3,(H,29,36)(H,30,38)(H,31,37);3-4,9-10H,5-8H2,1-2H3,(H,14,18)(H,19,20,21);5-6,10H,3-4,7-9H2,1-2H3,(H,14,16). The van der Waals surface area contributed by atoms with Gasteiger partial charge in [-0.05, 0) is 47.2 Å². The molecule has 0 bridgehead atoms. The van der Waals surface area contributed by atoms with Crippen molar-refractivity contribution in [1.82, 2.24) is 46.2 Å². The van der Waals surface area contributed by atoms with Crippen LogP contribution in [0.3, 0.4) is 0 Å². The van der Waals surface area contributed by atoms with E-state index < -0.39 is 56.7 Å². The van der Waals surface area contributed by atoms with Crippen LogP contribution in [0.25, 0.3) is 0 Å². The molecule has 0 aliphatic carbocycles. The molecule has 2 unspecified atom stereocenters. The third-order valence-corrected chi connectivity index (χ3v) is 16.0. The maximum absolute atomic E-state index is 12.3. The number of thioether (sulfide) groups is 2. The van der Waals surface area contributed by atoms with E-state index in [-0.39, 0.29) is 168 Å². The molecule has 0 spiro atoms. The third-order valence-electron chi connectivity index (χ3n) is 12.5. The summed E-state index contributed by atoms with van der Waals surface area (Å²) in [6.45, 7) is 12.4. The molecule has 1 fully saturated rings. The molecule has 13 amide bonds. The van der Waals surface area contributed by atoms with Crippen molar-refractivity contribution in [2.75, 3.05) is 70.4 Å². The summed E-state index contributed by atoms with van der Waals surface area (Å²) in [5.74, 6) is -4.49. The number of carbonyl (C=O) groups is 15. The Labute approximate surface area is 497 Å². The van der Waals surface area contributed by atoms with Gasteiger partial charge in [-0.2, -0.15) is 31.9 Å². The zero-order valence-corrected chi connectivity index (χ0v) is 50.8. The first-order chi connectivity index (χ1) is 39.5. The third kappa shape index (κ3) is 28.6. The van der Waals surface area contributed by atoms with Gasteiger partial charge >= 0.3 is 0 Å². The van der Waals surface area contributed by atoms with Crippen LogP contribution >= 0.6 is 23.5 Å². The summed E-state index contributed by atoms with van der Waals surface area (Å²) in [5.41, 5.74) is 0. The molecule has 84 heavy (non-hydrogen) atoms. The summed E-state index contributed by atoms with van der Waals surface area (Å²) >= 11 is 3.31. The van der Waals surface area contributed by atoms with E-state index in [1.165, 1.54) is 28.8 Å². The Morgan fingerprint density at radius 3 is 1.37 bits per heavy atom. The van der Waals surface area contributed by atoms with Gasteiger partial charge in [0.2, 0.25) is 41.4 Å². The molecule has 27 nitrogen and oxygen atoms in total. The fourth-order valence-electron chi connectivity index (χ4n) is 7.84. The first kappa shape index (κ1) is 73.2. The second kappa shape index (κ2) is 38.1. The maximum atomic E-state index is 12.3. The summed E-state index contributed by atoms with van der Waals surface area (Å²) in [5, 5.41) is 11.8. The number of nitrogens with zero attached hydrogens (tertiary/aromatic N) is 4. The molecule has 2 atom stereocenters. The van der Waals surface area contributed by atoms with Crippen LogP contribution in [-0.2, 0) is 82.0 Å². The first-order valence-corrected chi connectivity index (χ1v) is 31.1. The lowest BCUT2D eigenvalue weighted by atomic mass is 9.94. The maximum Gasteiger partial charge on any atom is 0.276 e. The highest BCUT2D eigenvalue weighted by molar-refractivity contribution is 8.00. The summed E-state index contributed by atoms with van der Waals surface area (Å²) in [6.07, 6.45) is 8.60. The Kier molecular flexibility index (Phi) is 33.2. The Morgan fingerprint density at radius 2 is 0.917 bits per heavy atom. The minimum Gasteiger partial charge on any atom is -0.356 e. The van der Waals surface area contributed by atoms with Crippen molar-refractivity contribution in [2.24, 2.45) is 11.8 Å². The second-order valence-corrected chi connectivity index (χ2v) is 25.2. The van der Waals surface area contributed by atoms with Gasteiger partial charge in [0.1, 0.15) is 5.78 Å². The lowest BCUT2D eigenvalue weighted by Gasteiger charge is -2.17. The highest BCUT2D eigenvalue weighted by Gasteiger charge is 2.39. The molecule has 0 saturated carbocycles. The van der Waals surface area contributed by atoms with Gasteiger partial charge in [0, 0.05) is 146 Å². The largest absolute Gasteiger partial charge is 0.356 e. The van der Waals surface area contributed by atoms with Crippen molar-refractivity contribution in [2.45, 2.75) is 128 Å². The molecule has 466 valence electrons. The fourth-order valence-corrected chi connectivity index (χ4v) is 10.4. The quantitative estimate of drug-likeness (QED) is 0.0271. The monoisotopic (exact) mass is 1240 g/mol. The minimum atomic E-state index is -4.52. The first-order valence-electron chi connectivity index (χ1n) is 27.5. The highest BCUT2D eigenvalue weighted by atomic mass is 32.2. The molecule has 0 aromatic carbocycles. The molecule has 30 heteroatoms. The lowest BCUT2D eigenvalue weighted by molar-refractivity contribution is -0.141. The number of imide groups is 4. The average Bonchev–Trinajstić information content (AvgIpc) is 4.30. The van der Waals surface area contributed by atoms with Gasteiger partial charge in [-0.3, -0.25) is 96.1 Å². The van der Waals surface area contributed by atoms with E-state index in [4.69, 9.17) is 0 Å². The second-order valence-electron chi connectivity index (χ2n) is 20.2. The van der Waals surface area contributed by atoms with Crippen LogP contribution in [0, 0.1) is 11.8 Å². The topological polar surface area (TPSA) is 384 Å². The van der Waals surface area contributed by atoms with E-state index in [9.17, 15) is 84.9 Å². The fraction of sp³-hybridized carbons (Fsp3) is 0.611. The molecule has 4 aliphatic rings. The number of hydrogen-bond donors (Lipinski definition) is 6. The zero-order valence-electron chi connectivity index (χ0n) is 48.3. The molecule has 4 heterocycles. The van der Waals surface area contributed by atoms with Crippen molar-refractivity contribution in [3.8, 4) is 0 Å². The predicted molar refractivity (Wildman–Crippen MR) is 309 cm³/mol. The lowest BCUT2D eigenvalue weighted by Crippen LogP contribution is -2.44. The number of rotatable bonds is 36. The van der Waals surface area contributed by atoms with E-state index in [0.717, 1.165) is 51.2 Å². The molecule has 0 aromatic heterocycles. The molecule has 0 radical (unpaired) electrons. The average molecular weight is 1240 g/mol. The van der Waals surface area contributed by atoms with E-state index in [2.05, 4.69) is 40.4 Å². The van der Waals surface area contributed by atoms with E-state index >= 15 is 0 Å². The minimum absolute atomic E-state index is 0.0172. The van der Waals surface area contributed by atoms with Crippen molar-refractivity contribution in [3.63, 3.8) is 0 Å². The van der Waals surface area contributed by atoms with Crippen LogP contribution in [0.1, 0.15) is 112 Å². The van der Waals surface area contributed by atoms with Gasteiger partial charge in [0.25, 0.3) is 45.6 Å². The molecule has 1 saturated heterocycles. The van der Waals surface area contributed by atoms with Gasteiger partial charge in [-0.15, -0.1) is 0 Å². The van der Waals surface area contributed by atoms with Crippen LogP contribution in [0.2, 0.25) is 0 Å². The van der Waals surface area contributed by atoms with E-state index in [1.807, 2.05) is 39.5 Å². The normalized spacial score (nSPS) is 16.0. The predicted octanol–water partition coefficient (Wildman–Crippen LogP) is -0.0749. The SMILES string of the molecule is CC(C)C1CC(=O)N(CCCC(=O)CCC(=O)NCC(=O)CCC(=O)NCCC(=O)NCCN2C(=O)C=CC2=O)C1=O.CC(C)SCCC(C(=O)NCCN1C(=O)C=CC1=O)S(=O)(=O)O.CC(C)SCCCC(=O)NCCN1C(=O)C=CC1=O. The number of amides is 13. The molecule has 4 aliphatic heterocycles. The summed E-state index contributed by atoms with van der Waals surface area (Å²) in [4.78, 5) is 180. The Balaban J connectivity index is 0.000000480. The van der Waals surface area contributed by atoms with Gasteiger partial charge in [0.05, 0.1) is 6.54 Å². The Morgan fingerprint density at radius 1 is 0.500 bits per heavy atom. The molecule has 4 rings (SSSR count). The zero-order chi connectivity index (χ0) is 63.1. The number of ketones is 2. The smallest absolute Gasteiger partial charge is 0.276 e. The van der Waals surface area contributed by atoms with Gasteiger partial charge < -0.3 is 26.6 Å². The van der Waals surface area contributed by atoms with Crippen LogP contribution < -0.4 is 26.6 Å². The van der Waals surface area contributed by atoms with E-state index in [1.54, 1.807) is 0 Å². The van der Waals surface area contributed by atoms with Crippen molar-refractivity contribution in [1.29, 1.82) is 0 Å². The van der Waals surface area contributed by atoms with E-state index in [0.29, 0.717) is 30.4 Å². The number of likely N-dealkylation sites (tertiary alicyclic amines) is 1. The Bertz CT molecular complexity index is 2590.